The van der Waals surface area contributed by atoms with Gasteiger partial charge in [0.05, 0.1) is 5.25 Å². The maximum Gasteiger partial charge on any atom is 0.215 e. The molecule has 0 aliphatic rings. The van der Waals surface area contributed by atoms with Crippen molar-refractivity contribution in [3.8, 4) is 0 Å². The van der Waals surface area contributed by atoms with Crippen LogP contribution in [0.15, 0.2) is 30.3 Å². The molecule has 0 saturated heterocycles. The molecule has 1 aromatic rings. The van der Waals surface area contributed by atoms with Crippen LogP contribution in [0.25, 0.3) is 0 Å². The first-order valence-corrected chi connectivity index (χ1v) is 8.53. The highest BCUT2D eigenvalue weighted by Crippen LogP contribution is 2.16. The van der Waals surface area contributed by atoms with Crippen molar-refractivity contribution in [2.45, 2.75) is 44.4 Å². The molecule has 0 radical (unpaired) electrons. The first-order chi connectivity index (χ1) is 9.27. The Morgan fingerprint density at radius 2 is 1.80 bits per heavy atom. The first kappa shape index (κ1) is 17.1. The Labute approximate surface area is 123 Å². The van der Waals surface area contributed by atoms with Gasteiger partial charge in [-0.25, -0.2) is 13.1 Å². The fourth-order valence-corrected chi connectivity index (χ4v) is 3.49. The van der Waals surface area contributed by atoms with E-state index < -0.39 is 20.8 Å². The predicted molar refractivity (Wildman–Crippen MR) is 84.3 cm³/mol. The van der Waals surface area contributed by atoms with E-state index in [9.17, 15) is 8.42 Å². The van der Waals surface area contributed by atoms with Gasteiger partial charge in [-0.05, 0) is 46.2 Å². The summed E-state index contributed by atoms with van der Waals surface area (Å²) < 4.78 is 27.2. The molecular formula is C15H26N2O2S. The van der Waals surface area contributed by atoms with Crippen molar-refractivity contribution in [1.82, 2.24) is 10.0 Å². The summed E-state index contributed by atoms with van der Waals surface area (Å²) in [5, 5.41) is 2.46. The summed E-state index contributed by atoms with van der Waals surface area (Å²) in [7, 11) is -1.54. The topological polar surface area (TPSA) is 58.2 Å². The Bertz CT molecular complexity index is 498. The molecule has 0 aliphatic heterocycles. The van der Waals surface area contributed by atoms with Crippen LogP contribution < -0.4 is 10.0 Å². The summed E-state index contributed by atoms with van der Waals surface area (Å²) in [4.78, 5) is 0. The monoisotopic (exact) mass is 298 g/mol. The van der Waals surface area contributed by atoms with Gasteiger partial charge in [-0.3, -0.25) is 0 Å². The number of sulfonamides is 1. The van der Waals surface area contributed by atoms with Crippen molar-refractivity contribution >= 4 is 10.0 Å². The summed E-state index contributed by atoms with van der Waals surface area (Å²) in [6.45, 7) is 6.02. The van der Waals surface area contributed by atoms with Crippen LogP contribution in [0.4, 0.5) is 0 Å². The van der Waals surface area contributed by atoms with E-state index >= 15 is 0 Å². The number of hydrogen-bond acceptors (Lipinski definition) is 3. The van der Waals surface area contributed by atoms with Crippen LogP contribution in [0.3, 0.4) is 0 Å². The fraction of sp³-hybridized carbons (Fsp3) is 0.600. The lowest BCUT2D eigenvalue weighted by Crippen LogP contribution is -2.48. The Kier molecular flexibility index (Phi) is 6.17. The summed E-state index contributed by atoms with van der Waals surface area (Å²) in [6, 6.07) is 10.1. The van der Waals surface area contributed by atoms with Gasteiger partial charge in [-0.15, -0.1) is 0 Å². The molecule has 1 aromatic carbocycles. The highest BCUT2D eigenvalue weighted by atomic mass is 32.2. The second-order valence-corrected chi connectivity index (χ2v) is 7.98. The molecule has 0 bridgehead atoms. The molecule has 4 nitrogen and oxygen atoms in total. The van der Waals surface area contributed by atoms with Crippen molar-refractivity contribution in [3.05, 3.63) is 35.9 Å². The van der Waals surface area contributed by atoms with E-state index in [-0.39, 0.29) is 0 Å². The molecule has 0 fully saturated rings. The third-order valence-corrected chi connectivity index (χ3v) is 5.38. The Hall–Kier alpha value is -0.910. The lowest BCUT2D eigenvalue weighted by molar-refractivity contribution is 0.419. The second kappa shape index (κ2) is 7.20. The molecule has 1 atom stereocenters. The van der Waals surface area contributed by atoms with Gasteiger partial charge in [0.15, 0.2) is 0 Å². The fourth-order valence-electron chi connectivity index (χ4n) is 2.04. The third-order valence-electron chi connectivity index (χ3n) is 3.32. The molecule has 0 heterocycles. The second-order valence-electron chi connectivity index (χ2n) is 5.88. The molecule has 0 aromatic heterocycles. The average Bonchev–Trinajstić information content (AvgIpc) is 2.37. The van der Waals surface area contributed by atoms with Crippen LogP contribution in [0.1, 0.15) is 32.8 Å². The van der Waals surface area contributed by atoms with Crippen LogP contribution in [0.5, 0.6) is 0 Å². The molecule has 114 valence electrons. The summed E-state index contributed by atoms with van der Waals surface area (Å²) in [6.07, 6.45) is 1.62. The number of rotatable bonds is 8. The van der Waals surface area contributed by atoms with Gasteiger partial charge in [0.1, 0.15) is 0 Å². The number of benzene rings is 1. The number of nitrogens with one attached hydrogen (secondary N) is 2. The van der Waals surface area contributed by atoms with Crippen LogP contribution in [-0.2, 0) is 16.4 Å². The minimum absolute atomic E-state index is 0.441. The zero-order valence-corrected chi connectivity index (χ0v) is 13.6. The molecule has 5 heteroatoms. The third kappa shape index (κ3) is 5.61. The van der Waals surface area contributed by atoms with E-state index in [0.29, 0.717) is 6.54 Å². The number of aryl methyl sites for hydroxylation is 1. The van der Waals surface area contributed by atoms with Crippen molar-refractivity contribution in [2.24, 2.45) is 0 Å². The smallest absolute Gasteiger partial charge is 0.215 e. The lowest BCUT2D eigenvalue weighted by Gasteiger charge is -2.28. The normalized spacial score (nSPS) is 14.2. The molecule has 0 amide bonds. The SMILES string of the molecule is CNCC(C)S(=O)(=O)NC(C)(C)CCc1ccccc1. The van der Waals surface area contributed by atoms with Crippen LogP contribution in [0.2, 0.25) is 0 Å². The average molecular weight is 298 g/mol. The zero-order valence-electron chi connectivity index (χ0n) is 12.8. The van der Waals surface area contributed by atoms with E-state index in [1.54, 1.807) is 14.0 Å². The largest absolute Gasteiger partial charge is 0.318 e. The highest BCUT2D eigenvalue weighted by molar-refractivity contribution is 7.90. The summed E-state index contributed by atoms with van der Waals surface area (Å²) >= 11 is 0. The van der Waals surface area contributed by atoms with Crippen molar-refractivity contribution < 1.29 is 8.42 Å². The summed E-state index contributed by atoms with van der Waals surface area (Å²) in [5.74, 6) is 0. The quantitative estimate of drug-likeness (QED) is 0.771. The Morgan fingerprint density at radius 1 is 1.20 bits per heavy atom. The van der Waals surface area contributed by atoms with Crippen LogP contribution in [-0.4, -0.2) is 32.8 Å². The molecule has 1 unspecified atom stereocenters. The maximum absolute atomic E-state index is 12.2. The van der Waals surface area contributed by atoms with Gasteiger partial charge in [0.2, 0.25) is 10.0 Å². The minimum Gasteiger partial charge on any atom is -0.318 e. The van der Waals surface area contributed by atoms with Gasteiger partial charge in [-0.1, -0.05) is 30.3 Å². The Morgan fingerprint density at radius 3 is 2.35 bits per heavy atom. The predicted octanol–water partition coefficient (Wildman–Crippen LogP) is 1.93. The van der Waals surface area contributed by atoms with Gasteiger partial charge in [-0.2, -0.15) is 0 Å². The van der Waals surface area contributed by atoms with Crippen molar-refractivity contribution in [1.29, 1.82) is 0 Å². The molecule has 2 N–H and O–H groups in total. The van der Waals surface area contributed by atoms with Crippen LogP contribution in [0, 0.1) is 0 Å². The highest BCUT2D eigenvalue weighted by Gasteiger charge is 2.28. The maximum atomic E-state index is 12.2. The number of hydrogen-bond donors (Lipinski definition) is 2. The molecule has 0 saturated carbocycles. The van der Waals surface area contributed by atoms with E-state index in [4.69, 9.17) is 0 Å². The summed E-state index contributed by atoms with van der Waals surface area (Å²) in [5.41, 5.74) is 0.777. The minimum atomic E-state index is -3.30. The zero-order chi connectivity index (χ0) is 15.2. The van der Waals surface area contributed by atoms with E-state index in [1.165, 1.54) is 5.56 Å². The van der Waals surface area contributed by atoms with E-state index in [1.807, 2.05) is 32.0 Å². The van der Waals surface area contributed by atoms with Gasteiger partial charge in [0.25, 0.3) is 0 Å². The molecule has 20 heavy (non-hydrogen) atoms. The molecule has 0 aliphatic carbocycles. The Balaban J connectivity index is 2.61. The molecule has 0 spiro atoms. The van der Waals surface area contributed by atoms with Crippen molar-refractivity contribution in [2.75, 3.05) is 13.6 Å². The van der Waals surface area contributed by atoms with Gasteiger partial charge < -0.3 is 5.32 Å². The first-order valence-electron chi connectivity index (χ1n) is 6.98. The van der Waals surface area contributed by atoms with E-state index in [0.717, 1.165) is 12.8 Å². The lowest BCUT2D eigenvalue weighted by atomic mass is 9.97. The van der Waals surface area contributed by atoms with Crippen LogP contribution >= 0.6 is 0 Å². The van der Waals surface area contributed by atoms with Gasteiger partial charge >= 0.3 is 0 Å². The van der Waals surface area contributed by atoms with Gasteiger partial charge in [0, 0.05) is 12.1 Å². The van der Waals surface area contributed by atoms with E-state index in [2.05, 4.69) is 22.2 Å². The standard InChI is InChI=1S/C15H26N2O2S/c1-13(12-16-4)20(18,19)17-15(2,3)11-10-14-8-6-5-7-9-14/h5-9,13,16-17H,10-12H2,1-4H3. The molecular weight excluding hydrogens is 272 g/mol. The van der Waals surface area contributed by atoms with Crippen molar-refractivity contribution in [3.63, 3.8) is 0 Å². The molecule has 1 rings (SSSR count).